The van der Waals surface area contributed by atoms with E-state index in [0.717, 1.165) is 18.0 Å². The lowest BCUT2D eigenvalue weighted by atomic mass is 9.80. The Labute approximate surface area is 144 Å². The topological polar surface area (TPSA) is 50.4 Å². The van der Waals surface area contributed by atoms with Crippen LogP contribution in [-0.4, -0.2) is 17.7 Å². The Balaban J connectivity index is 2.04. The highest BCUT2D eigenvalue weighted by molar-refractivity contribution is 5.85. The van der Waals surface area contributed by atoms with E-state index in [1.54, 1.807) is 32.9 Å². The Kier molecular flexibility index (Phi) is 5.73. The molecule has 1 fully saturated rings. The van der Waals surface area contributed by atoms with Crippen LogP contribution in [-0.2, 0) is 4.74 Å². The molecule has 1 saturated carbocycles. The summed E-state index contributed by atoms with van der Waals surface area (Å²) in [7, 11) is 0. The van der Waals surface area contributed by atoms with Gasteiger partial charge in [0.2, 0.25) is 0 Å². The Hall–Kier alpha value is -1.78. The maximum atomic E-state index is 14.0. The zero-order valence-corrected chi connectivity index (χ0v) is 15.3. The van der Waals surface area contributed by atoms with Crippen molar-refractivity contribution in [3.05, 3.63) is 24.0 Å². The summed E-state index contributed by atoms with van der Waals surface area (Å²) in [5, 5.41) is 5.97. The molecule has 1 amide bonds. The monoisotopic (exact) mass is 336 g/mol. The molecule has 2 rings (SSSR count). The predicted molar refractivity (Wildman–Crippen MR) is 95.8 cm³/mol. The van der Waals surface area contributed by atoms with Crippen molar-refractivity contribution in [2.75, 3.05) is 10.6 Å². The molecule has 134 valence electrons. The number of hydrogen-bond acceptors (Lipinski definition) is 3. The first-order valence-corrected chi connectivity index (χ1v) is 8.70. The summed E-state index contributed by atoms with van der Waals surface area (Å²) >= 11 is 0. The second-order valence-corrected chi connectivity index (χ2v) is 7.97. The molecular formula is C19H29FN2O2. The molecule has 0 radical (unpaired) electrons. The number of anilines is 2. The van der Waals surface area contributed by atoms with Gasteiger partial charge in [0.15, 0.2) is 0 Å². The predicted octanol–water partition coefficient (Wildman–Crippen LogP) is 5.41. The number of benzene rings is 1. The van der Waals surface area contributed by atoms with Crippen LogP contribution in [0.5, 0.6) is 0 Å². The fourth-order valence-electron chi connectivity index (χ4n) is 3.22. The molecule has 2 N–H and O–H groups in total. The molecule has 1 aromatic carbocycles. The molecule has 0 saturated heterocycles. The standard InChI is InChI=1S/C19H29FN2O2/c1-12-6-9-16(13(2)10-12)21-14-7-8-15(20)17(11-14)22-18(23)24-19(3,4)5/h7-8,11-13,16,21H,6,9-10H2,1-5H3,(H,22,23). The van der Waals surface area contributed by atoms with E-state index in [1.165, 1.54) is 18.9 Å². The van der Waals surface area contributed by atoms with Gasteiger partial charge in [-0.1, -0.05) is 13.8 Å². The van der Waals surface area contributed by atoms with Crippen molar-refractivity contribution in [1.82, 2.24) is 0 Å². The SMILES string of the molecule is CC1CCC(Nc2ccc(F)c(NC(=O)OC(C)(C)C)c2)C(C)C1. The van der Waals surface area contributed by atoms with E-state index in [9.17, 15) is 9.18 Å². The van der Waals surface area contributed by atoms with Gasteiger partial charge in [-0.25, -0.2) is 9.18 Å². The average molecular weight is 336 g/mol. The van der Waals surface area contributed by atoms with Crippen LogP contribution in [0.1, 0.15) is 53.9 Å². The van der Waals surface area contributed by atoms with Gasteiger partial charge in [0.05, 0.1) is 5.69 Å². The van der Waals surface area contributed by atoms with Gasteiger partial charge in [-0.05, 0) is 70.1 Å². The van der Waals surface area contributed by atoms with Crippen LogP contribution < -0.4 is 10.6 Å². The molecule has 0 bridgehead atoms. The van der Waals surface area contributed by atoms with E-state index in [2.05, 4.69) is 24.5 Å². The lowest BCUT2D eigenvalue weighted by Crippen LogP contribution is -2.33. The first-order chi connectivity index (χ1) is 11.1. The van der Waals surface area contributed by atoms with Crippen LogP contribution in [0.2, 0.25) is 0 Å². The van der Waals surface area contributed by atoms with Crippen molar-refractivity contribution in [3.8, 4) is 0 Å². The summed E-state index contributed by atoms with van der Waals surface area (Å²) in [4.78, 5) is 11.8. The minimum atomic E-state index is -0.654. The third kappa shape index (κ3) is 5.39. The highest BCUT2D eigenvalue weighted by atomic mass is 19.1. The third-order valence-corrected chi connectivity index (χ3v) is 4.39. The van der Waals surface area contributed by atoms with E-state index in [4.69, 9.17) is 4.74 Å². The van der Waals surface area contributed by atoms with Gasteiger partial charge in [-0.2, -0.15) is 0 Å². The van der Waals surface area contributed by atoms with Gasteiger partial charge < -0.3 is 10.1 Å². The number of hydrogen-bond donors (Lipinski definition) is 2. The van der Waals surface area contributed by atoms with Crippen LogP contribution in [0, 0.1) is 17.7 Å². The lowest BCUT2D eigenvalue weighted by molar-refractivity contribution is 0.0635. The molecule has 5 heteroatoms. The second-order valence-electron chi connectivity index (χ2n) is 7.97. The smallest absolute Gasteiger partial charge is 0.412 e. The average Bonchev–Trinajstić information content (AvgIpc) is 2.43. The summed E-state index contributed by atoms with van der Waals surface area (Å²) in [6, 6.07) is 5.08. The Bertz CT molecular complexity index is 583. The number of halogens is 1. The molecule has 24 heavy (non-hydrogen) atoms. The highest BCUT2D eigenvalue weighted by Gasteiger charge is 2.25. The van der Waals surface area contributed by atoms with Gasteiger partial charge in [0.25, 0.3) is 0 Å². The highest BCUT2D eigenvalue weighted by Crippen LogP contribution is 2.31. The van der Waals surface area contributed by atoms with E-state index >= 15 is 0 Å². The van der Waals surface area contributed by atoms with Crippen LogP contribution in [0.3, 0.4) is 0 Å². The van der Waals surface area contributed by atoms with Crippen molar-refractivity contribution >= 4 is 17.5 Å². The van der Waals surface area contributed by atoms with Gasteiger partial charge in [0, 0.05) is 11.7 Å². The summed E-state index contributed by atoms with van der Waals surface area (Å²) < 4.78 is 19.1. The molecule has 3 unspecified atom stereocenters. The number of carbonyl (C=O) groups is 1. The molecule has 3 atom stereocenters. The summed E-state index contributed by atoms with van der Waals surface area (Å²) in [5.41, 5.74) is 0.324. The van der Waals surface area contributed by atoms with Crippen LogP contribution in [0.4, 0.5) is 20.6 Å². The maximum Gasteiger partial charge on any atom is 0.412 e. The minimum absolute atomic E-state index is 0.131. The first kappa shape index (κ1) is 18.6. The fraction of sp³-hybridized carbons (Fsp3) is 0.632. The summed E-state index contributed by atoms with van der Waals surface area (Å²) in [5.74, 6) is 0.855. The van der Waals surface area contributed by atoms with Gasteiger partial charge in [0.1, 0.15) is 11.4 Å². The number of ether oxygens (including phenoxy) is 1. The Morgan fingerprint density at radius 1 is 1.25 bits per heavy atom. The van der Waals surface area contributed by atoms with Crippen LogP contribution in [0.15, 0.2) is 18.2 Å². The molecule has 0 heterocycles. The quantitative estimate of drug-likeness (QED) is 0.776. The fourth-order valence-corrected chi connectivity index (χ4v) is 3.22. The van der Waals surface area contributed by atoms with Crippen LogP contribution in [0.25, 0.3) is 0 Å². The number of nitrogens with one attached hydrogen (secondary N) is 2. The van der Waals surface area contributed by atoms with Gasteiger partial charge in [-0.3, -0.25) is 5.32 Å². The summed E-state index contributed by atoms with van der Waals surface area (Å²) in [6.45, 7) is 9.84. The second kappa shape index (κ2) is 7.41. The molecular weight excluding hydrogens is 307 g/mol. The lowest BCUT2D eigenvalue weighted by Gasteiger charge is -2.34. The van der Waals surface area contributed by atoms with Crippen molar-refractivity contribution in [2.45, 2.75) is 65.5 Å². The Morgan fingerprint density at radius 3 is 2.58 bits per heavy atom. The third-order valence-electron chi connectivity index (χ3n) is 4.39. The minimum Gasteiger partial charge on any atom is -0.444 e. The zero-order valence-electron chi connectivity index (χ0n) is 15.3. The Morgan fingerprint density at radius 2 is 1.96 bits per heavy atom. The zero-order chi connectivity index (χ0) is 17.9. The van der Waals surface area contributed by atoms with Gasteiger partial charge >= 0.3 is 6.09 Å². The summed E-state index contributed by atoms with van der Waals surface area (Å²) in [6.07, 6.45) is 2.85. The normalized spacial score (nSPS) is 24.3. The molecule has 1 aliphatic rings. The number of carbonyl (C=O) groups excluding carboxylic acids is 1. The van der Waals surface area contributed by atoms with Crippen molar-refractivity contribution in [3.63, 3.8) is 0 Å². The molecule has 1 aromatic rings. The van der Waals surface area contributed by atoms with Crippen molar-refractivity contribution in [2.24, 2.45) is 11.8 Å². The maximum absolute atomic E-state index is 14.0. The molecule has 0 spiro atoms. The van der Waals surface area contributed by atoms with E-state index in [0.29, 0.717) is 12.0 Å². The number of rotatable bonds is 3. The largest absolute Gasteiger partial charge is 0.444 e. The molecule has 0 aromatic heterocycles. The molecule has 4 nitrogen and oxygen atoms in total. The molecule has 0 aliphatic heterocycles. The van der Waals surface area contributed by atoms with Crippen LogP contribution >= 0.6 is 0 Å². The van der Waals surface area contributed by atoms with E-state index in [1.807, 2.05) is 0 Å². The van der Waals surface area contributed by atoms with E-state index < -0.39 is 17.5 Å². The van der Waals surface area contributed by atoms with E-state index in [-0.39, 0.29) is 5.69 Å². The number of amides is 1. The van der Waals surface area contributed by atoms with Crippen molar-refractivity contribution < 1.29 is 13.9 Å². The van der Waals surface area contributed by atoms with Crippen molar-refractivity contribution in [1.29, 1.82) is 0 Å². The van der Waals surface area contributed by atoms with Gasteiger partial charge in [-0.15, -0.1) is 0 Å². The first-order valence-electron chi connectivity index (χ1n) is 8.70. The molecule has 1 aliphatic carbocycles.